The van der Waals surface area contributed by atoms with Crippen LogP contribution in [0.2, 0.25) is 5.02 Å². The average Bonchev–Trinajstić information content (AvgIpc) is 3.11. The predicted molar refractivity (Wildman–Crippen MR) is 122 cm³/mol. The SMILES string of the molecule is Cc1cc(C)c(OCC(=O)Nc2ccc3oc(-c4ccc(Cl)cc4)nc3c2)c(Br)c1. The molecule has 0 bridgehead atoms. The van der Waals surface area contributed by atoms with Crippen molar-refractivity contribution < 1.29 is 13.9 Å². The van der Waals surface area contributed by atoms with Crippen LogP contribution >= 0.6 is 27.5 Å². The molecular formula is C23H18BrClN2O3. The minimum absolute atomic E-state index is 0.102. The lowest BCUT2D eigenvalue weighted by molar-refractivity contribution is -0.118. The molecule has 1 heterocycles. The zero-order chi connectivity index (χ0) is 21.3. The van der Waals surface area contributed by atoms with Crippen molar-refractivity contribution in [3.8, 4) is 17.2 Å². The summed E-state index contributed by atoms with van der Waals surface area (Å²) in [4.78, 5) is 16.9. The van der Waals surface area contributed by atoms with E-state index >= 15 is 0 Å². The van der Waals surface area contributed by atoms with E-state index in [4.69, 9.17) is 20.8 Å². The van der Waals surface area contributed by atoms with Gasteiger partial charge < -0.3 is 14.5 Å². The van der Waals surface area contributed by atoms with Crippen molar-refractivity contribution >= 4 is 50.2 Å². The summed E-state index contributed by atoms with van der Waals surface area (Å²) < 4.78 is 12.3. The number of aromatic nitrogens is 1. The lowest BCUT2D eigenvalue weighted by Gasteiger charge is -2.12. The number of aryl methyl sites for hydroxylation is 2. The van der Waals surface area contributed by atoms with Gasteiger partial charge in [-0.05, 0) is 89.4 Å². The summed E-state index contributed by atoms with van der Waals surface area (Å²) in [7, 11) is 0. The van der Waals surface area contributed by atoms with E-state index in [9.17, 15) is 4.79 Å². The van der Waals surface area contributed by atoms with Crippen molar-refractivity contribution in [3.63, 3.8) is 0 Å². The van der Waals surface area contributed by atoms with Gasteiger partial charge in [0.05, 0.1) is 4.47 Å². The molecule has 0 fully saturated rings. The van der Waals surface area contributed by atoms with Crippen LogP contribution < -0.4 is 10.1 Å². The topological polar surface area (TPSA) is 64.4 Å². The summed E-state index contributed by atoms with van der Waals surface area (Å²) in [5, 5.41) is 3.48. The van der Waals surface area contributed by atoms with E-state index in [-0.39, 0.29) is 12.5 Å². The quantitative estimate of drug-likeness (QED) is 0.348. The molecule has 0 aliphatic heterocycles. The first-order valence-corrected chi connectivity index (χ1v) is 10.4. The molecule has 7 heteroatoms. The molecule has 5 nitrogen and oxygen atoms in total. The smallest absolute Gasteiger partial charge is 0.262 e. The first-order valence-electron chi connectivity index (χ1n) is 9.25. The van der Waals surface area contributed by atoms with Crippen molar-refractivity contribution in [2.24, 2.45) is 0 Å². The van der Waals surface area contributed by atoms with Gasteiger partial charge >= 0.3 is 0 Å². The largest absolute Gasteiger partial charge is 0.482 e. The monoisotopic (exact) mass is 484 g/mol. The van der Waals surface area contributed by atoms with E-state index in [0.717, 1.165) is 21.2 Å². The Labute approximate surface area is 187 Å². The number of amides is 1. The van der Waals surface area contributed by atoms with E-state index in [0.29, 0.717) is 33.4 Å². The summed E-state index contributed by atoms with van der Waals surface area (Å²) in [6, 6.07) is 16.5. The molecule has 4 aromatic rings. The van der Waals surface area contributed by atoms with Gasteiger partial charge in [-0.15, -0.1) is 0 Å². The minimum Gasteiger partial charge on any atom is -0.482 e. The Kier molecular flexibility index (Phi) is 5.79. The summed E-state index contributed by atoms with van der Waals surface area (Å²) in [5.41, 5.74) is 4.81. The molecule has 0 aliphatic carbocycles. The number of anilines is 1. The standard InChI is InChI=1S/C23H18BrClN2O3/c1-13-9-14(2)22(18(24)10-13)29-12-21(28)26-17-7-8-20-19(11-17)27-23(30-20)15-3-5-16(25)6-4-15/h3-11H,12H2,1-2H3,(H,26,28). The fraction of sp³-hybridized carbons (Fsp3) is 0.130. The average molecular weight is 486 g/mol. The number of benzene rings is 3. The third kappa shape index (κ3) is 4.50. The van der Waals surface area contributed by atoms with E-state index < -0.39 is 0 Å². The minimum atomic E-state index is -0.261. The number of hydrogen-bond acceptors (Lipinski definition) is 4. The Morgan fingerprint density at radius 2 is 1.90 bits per heavy atom. The fourth-order valence-corrected chi connectivity index (χ4v) is 4.06. The maximum atomic E-state index is 12.4. The molecule has 30 heavy (non-hydrogen) atoms. The normalized spacial score (nSPS) is 10.9. The number of carbonyl (C=O) groups excluding carboxylic acids is 1. The summed E-state index contributed by atoms with van der Waals surface area (Å²) in [6.07, 6.45) is 0. The molecule has 0 saturated carbocycles. The van der Waals surface area contributed by atoms with Gasteiger partial charge in [-0.3, -0.25) is 4.79 Å². The van der Waals surface area contributed by atoms with Gasteiger partial charge in [0.2, 0.25) is 5.89 Å². The first-order chi connectivity index (χ1) is 14.4. The number of carbonyl (C=O) groups is 1. The fourth-order valence-electron chi connectivity index (χ4n) is 3.14. The van der Waals surface area contributed by atoms with Crippen molar-refractivity contribution in [1.29, 1.82) is 0 Å². The van der Waals surface area contributed by atoms with Crippen LogP contribution in [0, 0.1) is 13.8 Å². The number of fused-ring (bicyclic) bond motifs is 1. The number of hydrogen-bond donors (Lipinski definition) is 1. The molecule has 152 valence electrons. The second-order valence-corrected chi connectivity index (χ2v) is 8.23. The molecule has 0 spiro atoms. The van der Waals surface area contributed by atoms with Crippen LogP contribution in [0.3, 0.4) is 0 Å². The maximum absolute atomic E-state index is 12.4. The highest BCUT2D eigenvalue weighted by atomic mass is 79.9. The van der Waals surface area contributed by atoms with Crippen LogP contribution in [-0.2, 0) is 4.79 Å². The number of halogens is 2. The summed E-state index contributed by atoms with van der Waals surface area (Å²) >= 11 is 9.42. The Morgan fingerprint density at radius 1 is 1.13 bits per heavy atom. The lowest BCUT2D eigenvalue weighted by atomic mass is 10.1. The summed E-state index contributed by atoms with van der Waals surface area (Å²) in [5.74, 6) is 0.895. The number of oxazole rings is 1. The predicted octanol–water partition coefficient (Wildman–Crippen LogP) is 6.55. The molecule has 3 aromatic carbocycles. The Hall–Kier alpha value is -2.83. The van der Waals surface area contributed by atoms with Crippen LogP contribution in [0.25, 0.3) is 22.6 Å². The summed E-state index contributed by atoms with van der Waals surface area (Å²) in [6.45, 7) is 3.85. The highest BCUT2D eigenvalue weighted by molar-refractivity contribution is 9.10. The zero-order valence-electron chi connectivity index (χ0n) is 16.3. The molecule has 0 radical (unpaired) electrons. The van der Waals surface area contributed by atoms with Gasteiger partial charge in [-0.25, -0.2) is 4.98 Å². The van der Waals surface area contributed by atoms with Crippen molar-refractivity contribution in [2.45, 2.75) is 13.8 Å². The third-order valence-electron chi connectivity index (χ3n) is 4.48. The molecule has 1 aromatic heterocycles. The molecule has 1 amide bonds. The van der Waals surface area contributed by atoms with Crippen LogP contribution in [0.4, 0.5) is 5.69 Å². The number of ether oxygens (including phenoxy) is 1. The van der Waals surface area contributed by atoms with Gasteiger partial charge in [0.25, 0.3) is 5.91 Å². The molecule has 0 atom stereocenters. The van der Waals surface area contributed by atoms with E-state index in [1.165, 1.54) is 0 Å². The second kappa shape index (κ2) is 8.50. The van der Waals surface area contributed by atoms with Gasteiger partial charge in [0.15, 0.2) is 12.2 Å². The second-order valence-electron chi connectivity index (χ2n) is 6.94. The highest BCUT2D eigenvalue weighted by Crippen LogP contribution is 2.30. The van der Waals surface area contributed by atoms with E-state index in [2.05, 4.69) is 26.2 Å². The van der Waals surface area contributed by atoms with Crippen molar-refractivity contribution in [3.05, 3.63) is 75.2 Å². The van der Waals surface area contributed by atoms with Gasteiger partial charge in [0.1, 0.15) is 11.3 Å². The maximum Gasteiger partial charge on any atom is 0.262 e. The molecule has 0 saturated heterocycles. The van der Waals surface area contributed by atoms with E-state index in [1.807, 2.05) is 38.1 Å². The van der Waals surface area contributed by atoms with Crippen molar-refractivity contribution in [2.75, 3.05) is 11.9 Å². The lowest BCUT2D eigenvalue weighted by Crippen LogP contribution is -2.20. The van der Waals surface area contributed by atoms with Crippen LogP contribution in [-0.4, -0.2) is 17.5 Å². The van der Waals surface area contributed by atoms with Crippen LogP contribution in [0.5, 0.6) is 5.75 Å². The van der Waals surface area contributed by atoms with Crippen LogP contribution in [0.1, 0.15) is 11.1 Å². The number of nitrogens with one attached hydrogen (secondary N) is 1. The molecule has 0 aliphatic rings. The third-order valence-corrected chi connectivity index (χ3v) is 5.32. The molecule has 1 N–H and O–H groups in total. The molecular weight excluding hydrogens is 468 g/mol. The Balaban J connectivity index is 1.46. The highest BCUT2D eigenvalue weighted by Gasteiger charge is 2.12. The van der Waals surface area contributed by atoms with Gasteiger partial charge in [-0.1, -0.05) is 17.7 Å². The number of rotatable bonds is 5. The van der Waals surface area contributed by atoms with Crippen molar-refractivity contribution in [1.82, 2.24) is 4.98 Å². The van der Waals surface area contributed by atoms with Crippen LogP contribution in [0.15, 0.2) is 63.5 Å². The van der Waals surface area contributed by atoms with Gasteiger partial charge in [-0.2, -0.15) is 0 Å². The Morgan fingerprint density at radius 3 is 2.63 bits per heavy atom. The molecule has 0 unspecified atom stereocenters. The van der Waals surface area contributed by atoms with E-state index in [1.54, 1.807) is 30.3 Å². The van der Waals surface area contributed by atoms with Gasteiger partial charge in [0, 0.05) is 16.3 Å². The zero-order valence-corrected chi connectivity index (χ0v) is 18.7. The number of nitrogens with zero attached hydrogens (tertiary/aromatic N) is 1. The first kappa shape index (κ1) is 20.4. The Bertz CT molecular complexity index is 1210. The molecule has 4 rings (SSSR count).